The number of benzene rings is 2. The van der Waals surface area contributed by atoms with Gasteiger partial charge in [0.25, 0.3) is 0 Å². The van der Waals surface area contributed by atoms with Crippen molar-refractivity contribution < 1.29 is 4.42 Å². The first kappa shape index (κ1) is 13.9. The molecule has 2 aromatic heterocycles. The molecule has 0 atom stereocenters. The molecule has 3 nitrogen and oxygen atoms in total. The predicted molar refractivity (Wildman–Crippen MR) is 93.4 cm³/mol. The molecule has 0 aliphatic heterocycles. The minimum absolute atomic E-state index is 0.106. The topological polar surface area (TPSA) is 38.9 Å². The van der Waals surface area contributed by atoms with Gasteiger partial charge in [-0.1, -0.05) is 63.2 Å². The van der Waals surface area contributed by atoms with E-state index in [4.69, 9.17) is 14.4 Å². The summed E-state index contributed by atoms with van der Waals surface area (Å²) in [7, 11) is 0. The van der Waals surface area contributed by atoms with Crippen LogP contribution in [-0.2, 0) is 5.41 Å². The standard InChI is InChI=1S/C20H18N2O/c1-20(2,3)18-16(13-9-5-4-6-10-13)22-19-17(21-18)14-11-7-8-12-15(14)23-19/h4-12H,1-3H3. The zero-order valence-electron chi connectivity index (χ0n) is 13.5. The first-order valence-electron chi connectivity index (χ1n) is 7.79. The van der Waals surface area contributed by atoms with Gasteiger partial charge in [-0.3, -0.25) is 0 Å². The Bertz CT molecular complexity index is 995. The van der Waals surface area contributed by atoms with Crippen molar-refractivity contribution in [2.24, 2.45) is 0 Å². The molecule has 0 N–H and O–H groups in total. The Balaban J connectivity index is 2.10. The summed E-state index contributed by atoms with van der Waals surface area (Å²) in [6.45, 7) is 6.49. The highest BCUT2D eigenvalue weighted by molar-refractivity contribution is 6.01. The van der Waals surface area contributed by atoms with Gasteiger partial charge in [0, 0.05) is 16.4 Å². The Hall–Kier alpha value is -2.68. The SMILES string of the molecule is CC(C)(C)c1nc2c(nc1-c1ccccc1)oc1ccccc12. The van der Waals surface area contributed by atoms with E-state index < -0.39 is 0 Å². The minimum Gasteiger partial charge on any atom is -0.436 e. The van der Waals surface area contributed by atoms with Crippen molar-refractivity contribution in [3.05, 3.63) is 60.3 Å². The average molecular weight is 302 g/mol. The fourth-order valence-corrected chi connectivity index (χ4v) is 2.84. The van der Waals surface area contributed by atoms with Crippen LogP contribution in [0, 0.1) is 0 Å². The summed E-state index contributed by atoms with van der Waals surface area (Å²) in [5.74, 6) is 0. The first-order chi connectivity index (χ1) is 11.0. The van der Waals surface area contributed by atoms with Crippen LogP contribution < -0.4 is 0 Å². The number of aromatic nitrogens is 2. The number of hydrogen-bond acceptors (Lipinski definition) is 3. The summed E-state index contributed by atoms with van der Waals surface area (Å²) in [5.41, 5.74) is 5.10. The van der Waals surface area contributed by atoms with Gasteiger partial charge in [0.1, 0.15) is 11.1 Å². The highest BCUT2D eigenvalue weighted by Crippen LogP contribution is 2.34. The highest BCUT2D eigenvalue weighted by atomic mass is 16.3. The summed E-state index contributed by atoms with van der Waals surface area (Å²) in [5, 5.41) is 1.01. The quantitative estimate of drug-likeness (QED) is 0.476. The van der Waals surface area contributed by atoms with Crippen LogP contribution in [0.4, 0.5) is 0 Å². The second kappa shape index (κ2) is 4.92. The molecule has 2 aromatic carbocycles. The van der Waals surface area contributed by atoms with Crippen molar-refractivity contribution in [3.8, 4) is 11.3 Å². The molecule has 0 bridgehead atoms. The monoisotopic (exact) mass is 302 g/mol. The molecule has 0 saturated heterocycles. The summed E-state index contributed by atoms with van der Waals surface area (Å²) in [6.07, 6.45) is 0. The van der Waals surface area contributed by atoms with Crippen molar-refractivity contribution in [2.75, 3.05) is 0 Å². The van der Waals surface area contributed by atoms with Gasteiger partial charge in [0.15, 0.2) is 0 Å². The molecule has 0 unspecified atom stereocenters. The number of furan rings is 1. The summed E-state index contributed by atoms with van der Waals surface area (Å²) in [6, 6.07) is 18.1. The highest BCUT2D eigenvalue weighted by Gasteiger charge is 2.24. The van der Waals surface area contributed by atoms with E-state index in [0.717, 1.165) is 33.4 Å². The van der Waals surface area contributed by atoms with Gasteiger partial charge in [0.2, 0.25) is 5.71 Å². The largest absolute Gasteiger partial charge is 0.436 e. The second-order valence-electron chi connectivity index (χ2n) is 6.79. The first-order valence-corrected chi connectivity index (χ1v) is 7.79. The van der Waals surface area contributed by atoms with E-state index in [1.54, 1.807) is 0 Å². The molecule has 114 valence electrons. The molecule has 23 heavy (non-hydrogen) atoms. The van der Waals surface area contributed by atoms with E-state index in [-0.39, 0.29) is 5.41 Å². The Morgan fingerprint density at radius 3 is 2.26 bits per heavy atom. The number of nitrogens with zero attached hydrogens (tertiary/aromatic N) is 2. The zero-order valence-corrected chi connectivity index (χ0v) is 13.5. The van der Waals surface area contributed by atoms with Gasteiger partial charge in [-0.25, -0.2) is 9.97 Å². The molecule has 0 amide bonds. The molecule has 0 spiro atoms. The van der Waals surface area contributed by atoms with Crippen molar-refractivity contribution in [1.29, 1.82) is 0 Å². The van der Waals surface area contributed by atoms with Gasteiger partial charge in [-0.2, -0.15) is 0 Å². The lowest BCUT2D eigenvalue weighted by Crippen LogP contribution is -2.16. The van der Waals surface area contributed by atoms with Gasteiger partial charge < -0.3 is 4.42 Å². The van der Waals surface area contributed by atoms with Gasteiger partial charge >= 0.3 is 0 Å². The average Bonchev–Trinajstić information content (AvgIpc) is 2.91. The number of para-hydroxylation sites is 1. The normalized spacial score (nSPS) is 12.1. The lowest BCUT2D eigenvalue weighted by molar-refractivity contribution is 0.568. The van der Waals surface area contributed by atoms with Crippen LogP contribution in [0.1, 0.15) is 26.5 Å². The molecule has 0 aliphatic rings. The molecule has 4 rings (SSSR count). The van der Waals surface area contributed by atoms with Crippen LogP contribution >= 0.6 is 0 Å². The zero-order chi connectivity index (χ0) is 16.0. The Kier molecular flexibility index (Phi) is 2.98. The maximum atomic E-state index is 5.91. The van der Waals surface area contributed by atoms with E-state index >= 15 is 0 Å². The van der Waals surface area contributed by atoms with Crippen molar-refractivity contribution in [1.82, 2.24) is 9.97 Å². The van der Waals surface area contributed by atoms with E-state index in [2.05, 4.69) is 32.9 Å². The lowest BCUT2D eigenvalue weighted by Gasteiger charge is -2.20. The van der Waals surface area contributed by atoms with Crippen molar-refractivity contribution in [2.45, 2.75) is 26.2 Å². The van der Waals surface area contributed by atoms with Crippen LogP contribution in [0.15, 0.2) is 59.0 Å². The Labute approximate surface area is 135 Å². The van der Waals surface area contributed by atoms with Gasteiger partial charge in [-0.05, 0) is 12.1 Å². The van der Waals surface area contributed by atoms with Crippen molar-refractivity contribution in [3.63, 3.8) is 0 Å². The minimum atomic E-state index is -0.106. The van der Waals surface area contributed by atoms with E-state index in [1.165, 1.54) is 0 Å². The lowest BCUT2D eigenvalue weighted by atomic mass is 9.88. The number of rotatable bonds is 1. The molecular weight excluding hydrogens is 284 g/mol. The fourth-order valence-electron chi connectivity index (χ4n) is 2.84. The van der Waals surface area contributed by atoms with Crippen LogP contribution in [-0.4, -0.2) is 9.97 Å². The van der Waals surface area contributed by atoms with Crippen LogP contribution in [0.3, 0.4) is 0 Å². The third kappa shape index (κ3) is 2.29. The third-order valence-corrected chi connectivity index (χ3v) is 3.97. The molecule has 0 radical (unpaired) electrons. The molecule has 0 aliphatic carbocycles. The molecule has 2 heterocycles. The summed E-state index contributed by atoms with van der Waals surface area (Å²) >= 11 is 0. The molecule has 4 aromatic rings. The van der Waals surface area contributed by atoms with Crippen LogP contribution in [0.25, 0.3) is 33.5 Å². The van der Waals surface area contributed by atoms with E-state index in [9.17, 15) is 0 Å². The predicted octanol–water partition coefficient (Wildman–Crippen LogP) is 5.34. The van der Waals surface area contributed by atoms with Crippen LogP contribution in [0.5, 0.6) is 0 Å². The third-order valence-electron chi connectivity index (χ3n) is 3.97. The Morgan fingerprint density at radius 1 is 0.826 bits per heavy atom. The number of fused-ring (bicyclic) bond motifs is 3. The number of hydrogen-bond donors (Lipinski definition) is 0. The van der Waals surface area contributed by atoms with Gasteiger partial charge in [0.05, 0.1) is 11.4 Å². The summed E-state index contributed by atoms with van der Waals surface area (Å²) < 4.78 is 5.91. The molecule has 3 heteroatoms. The Morgan fingerprint density at radius 2 is 1.52 bits per heavy atom. The van der Waals surface area contributed by atoms with Crippen molar-refractivity contribution >= 4 is 22.2 Å². The van der Waals surface area contributed by atoms with Gasteiger partial charge in [-0.15, -0.1) is 0 Å². The molecule has 0 saturated carbocycles. The maximum absolute atomic E-state index is 5.91. The summed E-state index contributed by atoms with van der Waals surface area (Å²) in [4.78, 5) is 9.77. The van der Waals surface area contributed by atoms with Crippen LogP contribution in [0.2, 0.25) is 0 Å². The second-order valence-corrected chi connectivity index (χ2v) is 6.79. The smallest absolute Gasteiger partial charge is 0.246 e. The fraction of sp³-hybridized carbons (Fsp3) is 0.200. The maximum Gasteiger partial charge on any atom is 0.246 e. The van der Waals surface area contributed by atoms with E-state index in [0.29, 0.717) is 5.71 Å². The molecular formula is C20H18N2O. The molecule has 0 fully saturated rings. The van der Waals surface area contributed by atoms with E-state index in [1.807, 2.05) is 42.5 Å².